The second-order valence-corrected chi connectivity index (χ2v) is 3.27. The van der Waals surface area contributed by atoms with Gasteiger partial charge in [0, 0.05) is 19.9 Å². The molecule has 1 fully saturated rings. The Labute approximate surface area is 82.4 Å². The minimum absolute atomic E-state index is 0.137. The van der Waals surface area contributed by atoms with Gasteiger partial charge in [-0.2, -0.15) is 0 Å². The van der Waals surface area contributed by atoms with Crippen LogP contribution in [0.3, 0.4) is 0 Å². The summed E-state index contributed by atoms with van der Waals surface area (Å²) in [6.45, 7) is 3.72. The smallest absolute Gasteiger partial charge is 0.249 e. The van der Waals surface area contributed by atoms with Gasteiger partial charge in [-0.15, -0.1) is 0 Å². The van der Waals surface area contributed by atoms with Crippen LogP contribution in [0.25, 0.3) is 0 Å². The van der Waals surface area contributed by atoms with E-state index < -0.39 is 6.04 Å². The topological polar surface area (TPSA) is 66.5 Å². The van der Waals surface area contributed by atoms with Gasteiger partial charge >= 0.3 is 0 Å². The molecule has 0 bridgehead atoms. The Kier molecular flexibility index (Phi) is 3.22. The van der Waals surface area contributed by atoms with Crippen LogP contribution in [0.2, 0.25) is 0 Å². The first-order valence-electron chi connectivity index (χ1n) is 4.67. The van der Waals surface area contributed by atoms with E-state index in [1.54, 1.807) is 0 Å². The SMILES string of the molecule is CCN(C(C)=O)C1CCC(=O)NC1=O. The summed E-state index contributed by atoms with van der Waals surface area (Å²) < 4.78 is 0. The van der Waals surface area contributed by atoms with Crippen LogP contribution in [0.15, 0.2) is 0 Å². The Morgan fingerprint density at radius 2 is 2.21 bits per heavy atom. The lowest BCUT2D eigenvalue weighted by atomic mass is 10.0. The molecule has 0 aromatic heterocycles. The summed E-state index contributed by atoms with van der Waals surface area (Å²) in [6.07, 6.45) is 0.734. The predicted octanol–water partition coefficient (Wildman–Crippen LogP) is -0.340. The summed E-state index contributed by atoms with van der Waals surface area (Å²) in [5.74, 6) is -0.758. The number of piperidine rings is 1. The van der Waals surface area contributed by atoms with E-state index >= 15 is 0 Å². The number of nitrogens with one attached hydrogen (secondary N) is 1. The van der Waals surface area contributed by atoms with Crippen molar-refractivity contribution < 1.29 is 14.4 Å². The maximum Gasteiger partial charge on any atom is 0.249 e. The Morgan fingerprint density at radius 1 is 1.57 bits per heavy atom. The van der Waals surface area contributed by atoms with Crippen LogP contribution in [0.4, 0.5) is 0 Å². The summed E-state index contributed by atoms with van der Waals surface area (Å²) in [5, 5.41) is 2.23. The van der Waals surface area contributed by atoms with Crippen LogP contribution in [0, 0.1) is 0 Å². The summed E-state index contributed by atoms with van der Waals surface area (Å²) in [6, 6.07) is -0.477. The molecule has 1 rings (SSSR count). The van der Waals surface area contributed by atoms with Crippen molar-refractivity contribution in [3.8, 4) is 0 Å². The van der Waals surface area contributed by atoms with Crippen molar-refractivity contribution in [3.63, 3.8) is 0 Å². The molecule has 0 radical (unpaired) electrons. The molecule has 78 valence electrons. The second-order valence-electron chi connectivity index (χ2n) is 3.27. The lowest BCUT2D eigenvalue weighted by Crippen LogP contribution is -2.53. The van der Waals surface area contributed by atoms with Gasteiger partial charge in [0.25, 0.3) is 0 Å². The highest BCUT2D eigenvalue weighted by Gasteiger charge is 2.31. The fraction of sp³-hybridized carbons (Fsp3) is 0.667. The second kappa shape index (κ2) is 4.21. The molecule has 1 atom stereocenters. The van der Waals surface area contributed by atoms with Gasteiger partial charge in [0.15, 0.2) is 0 Å². The van der Waals surface area contributed by atoms with E-state index in [9.17, 15) is 14.4 Å². The van der Waals surface area contributed by atoms with E-state index in [4.69, 9.17) is 0 Å². The van der Waals surface area contributed by atoms with Crippen molar-refractivity contribution in [1.82, 2.24) is 10.2 Å². The fourth-order valence-electron chi connectivity index (χ4n) is 1.64. The zero-order valence-electron chi connectivity index (χ0n) is 8.37. The first-order chi connectivity index (χ1) is 6.56. The van der Waals surface area contributed by atoms with Gasteiger partial charge in [-0.1, -0.05) is 0 Å². The quantitative estimate of drug-likeness (QED) is 0.617. The highest BCUT2D eigenvalue weighted by atomic mass is 16.2. The van der Waals surface area contributed by atoms with Gasteiger partial charge in [0.05, 0.1) is 0 Å². The molecule has 0 spiro atoms. The first kappa shape index (κ1) is 10.7. The van der Waals surface area contributed by atoms with Gasteiger partial charge in [-0.3, -0.25) is 19.7 Å². The fourth-order valence-corrected chi connectivity index (χ4v) is 1.64. The van der Waals surface area contributed by atoms with Gasteiger partial charge in [0.1, 0.15) is 6.04 Å². The molecule has 1 unspecified atom stereocenters. The van der Waals surface area contributed by atoms with Gasteiger partial charge in [-0.25, -0.2) is 0 Å². The number of imide groups is 1. The van der Waals surface area contributed by atoms with E-state index in [2.05, 4.69) is 5.32 Å². The van der Waals surface area contributed by atoms with E-state index in [-0.39, 0.29) is 17.7 Å². The largest absolute Gasteiger partial charge is 0.331 e. The van der Waals surface area contributed by atoms with Gasteiger partial charge in [0.2, 0.25) is 17.7 Å². The van der Waals surface area contributed by atoms with Crippen molar-refractivity contribution in [2.45, 2.75) is 32.7 Å². The van der Waals surface area contributed by atoms with Crippen molar-refractivity contribution in [2.24, 2.45) is 0 Å². The average Bonchev–Trinajstić information content (AvgIpc) is 2.09. The Bertz CT molecular complexity index is 275. The summed E-state index contributed by atoms with van der Waals surface area (Å²) >= 11 is 0. The number of hydrogen-bond donors (Lipinski definition) is 1. The number of rotatable bonds is 2. The molecule has 5 nitrogen and oxygen atoms in total. The molecule has 0 aromatic rings. The average molecular weight is 198 g/mol. The van der Waals surface area contributed by atoms with Crippen LogP contribution >= 0.6 is 0 Å². The molecule has 3 amide bonds. The minimum atomic E-state index is -0.477. The monoisotopic (exact) mass is 198 g/mol. The molecule has 1 aliphatic rings. The molecule has 1 aliphatic heterocycles. The van der Waals surface area contributed by atoms with E-state index in [0.29, 0.717) is 19.4 Å². The maximum absolute atomic E-state index is 11.4. The molecule has 0 saturated carbocycles. The van der Waals surface area contributed by atoms with E-state index in [0.717, 1.165) is 0 Å². The lowest BCUT2D eigenvalue weighted by molar-refractivity contribution is -0.144. The molecule has 1 heterocycles. The molecule has 1 saturated heterocycles. The van der Waals surface area contributed by atoms with Crippen LogP contribution in [0.5, 0.6) is 0 Å². The molecule has 0 aliphatic carbocycles. The third-order valence-electron chi connectivity index (χ3n) is 2.33. The number of hydrogen-bond acceptors (Lipinski definition) is 3. The molecule has 5 heteroatoms. The zero-order chi connectivity index (χ0) is 10.7. The summed E-state index contributed by atoms with van der Waals surface area (Å²) in [4.78, 5) is 34.9. The zero-order valence-corrected chi connectivity index (χ0v) is 8.37. The van der Waals surface area contributed by atoms with Crippen molar-refractivity contribution in [1.29, 1.82) is 0 Å². The standard InChI is InChI=1S/C9H14N2O3/c1-3-11(6(2)12)7-4-5-8(13)10-9(7)14/h7H,3-5H2,1-2H3,(H,10,13,14). The lowest BCUT2D eigenvalue weighted by Gasteiger charge is -2.31. The van der Waals surface area contributed by atoms with Crippen molar-refractivity contribution in [2.75, 3.05) is 6.54 Å². The number of carbonyl (C=O) groups excluding carboxylic acids is 3. The highest BCUT2D eigenvalue weighted by molar-refractivity contribution is 6.01. The highest BCUT2D eigenvalue weighted by Crippen LogP contribution is 2.12. The number of amides is 3. The van der Waals surface area contributed by atoms with Crippen molar-refractivity contribution in [3.05, 3.63) is 0 Å². The minimum Gasteiger partial charge on any atom is -0.331 e. The summed E-state index contributed by atoms with van der Waals surface area (Å²) in [7, 11) is 0. The van der Waals surface area contributed by atoms with Gasteiger partial charge in [-0.05, 0) is 13.3 Å². The molecule has 0 aromatic carbocycles. The third-order valence-corrected chi connectivity index (χ3v) is 2.33. The van der Waals surface area contributed by atoms with Crippen LogP contribution in [0.1, 0.15) is 26.7 Å². The normalized spacial score (nSPS) is 21.7. The number of likely N-dealkylation sites (N-methyl/N-ethyl adjacent to an activating group) is 1. The Hall–Kier alpha value is -1.39. The summed E-state index contributed by atoms with van der Waals surface area (Å²) in [5.41, 5.74) is 0. The number of carbonyl (C=O) groups is 3. The van der Waals surface area contributed by atoms with Crippen molar-refractivity contribution >= 4 is 17.7 Å². The van der Waals surface area contributed by atoms with Crippen LogP contribution in [-0.2, 0) is 14.4 Å². The first-order valence-corrected chi connectivity index (χ1v) is 4.67. The maximum atomic E-state index is 11.4. The third kappa shape index (κ3) is 2.10. The number of nitrogens with zero attached hydrogens (tertiary/aromatic N) is 1. The van der Waals surface area contributed by atoms with Crippen LogP contribution < -0.4 is 5.32 Å². The van der Waals surface area contributed by atoms with E-state index in [1.807, 2.05) is 6.92 Å². The predicted molar refractivity (Wildman–Crippen MR) is 49.2 cm³/mol. The molecular formula is C9H14N2O3. The van der Waals surface area contributed by atoms with Crippen LogP contribution in [-0.4, -0.2) is 35.2 Å². The Morgan fingerprint density at radius 3 is 2.64 bits per heavy atom. The van der Waals surface area contributed by atoms with Gasteiger partial charge < -0.3 is 4.90 Å². The Balaban J connectivity index is 2.71. The van der Waals surface area contributed by atoms with E-state index in [1.165, 1.54) is 11.8 Å². The molecule has 1 N–H and O–H groups in total. The molecular weight excluding hydrogens is 184 g/mol. The molecule has 14 heavy (non-hydrogen) atoms.